The maximum atomic E-state index is 11.3. The van der Waals surface area contributed by atoms with Crippen LogP contribution in [0.1, 0.15) is 16.1 Å². The minimum absolute atomic E-state index is 0.450. The van der Waals surface area contributed by atoms with E-state index in [0.717, 1.165) is 5.69 Å². The van der Waals surface area contributed by atoms with Crippen LogP contribution in [0.15, 0.2) is 36.7 Å². The average Bonchev–Trinajstić information content (AvgIpc) is 2.29. The third-order valence-corrected chi connectivity index (χ3v) is 2.33. The lowest BCUT2D eigenvalue weighted by Crippen LogP contribution is -2.13. The van der Waals surface area contributed by atoms with Gasteiger partial charge in [0.15, 0.2) is 0 Å². The Morgan fingerprint density at radius 3 is 2.62 bits per heavy atom. The molecule has 1 amide bonds. The van der Waals surface area contributed by atoms with Crippen molar-refractivity contribution < 1.29 is 4.79 Å². The first-order valence-corrected chi connectivity index (χ1v) is 4.87. The molecule has 0 bridgehead atoms. The zero-order valence-corrected chi connectivity index (χ0v) is 8.84. The van der Waals surface area contributed by atoms with Gasteiger partial charge in [0.1, 0.15) is 0 Å². The molecule has 2 rings (SSSR count). The van der Waals surface area contributed by atoms with Gasteiger partial charge in [-0.15, -0.1) is 0 Å². The van der Waals surface area contributed by atoms with E-state index in [1.807, 2.05) is 25.1 Å². The zero-order valence-electron chi connectivity index (χ0n) is 8.84. The Bertz CT molecular complexity index is 523. The molecule has 0 aliphatic heterocycles. The number of carbonyl (C=O) groups is 1. The number of primary amides is 1. The van der Waals surface area contributed by atoms with Crippen molar-refractivity contribution in [2.24, 2.45) is 5.73 Å². The van der Waals surface area contributed by atoms with Gasteiger partial charge in [-0.1, -0.05) is 6.07 Å². The third kappa shape index (κ3) is 1.77. The molecule has 0 saturated heterocycles. The Hall–Kier alpha value is -2.23. The highest BCUT2D eigenvalue weighted by Gasteiger charge is 2.13. The summed E-state index contributed by atoms with van der Waals surface area (Å²) in [4.78, 5) is 19.7. The van der Waals surface area contributed by atoms with Crippen LogP contribution in [0.25, 0.3) is 11.3 Å². The summed E-state index contributed by atoms with van der Waals surface area (Å²) in [7, 11) is 0. The number of hydrogen-bond acceptors (Lipinski definition) is 3. The van der Waals surface area contributed by atoms with Crippen LogP contribution in [0.5, 0.6) is 0 Å². The van der Waals surface area contributed by atoms with Crippen molar-refractivity contribution in [3.05, 3.63) is 47.9 Å². The lowest BCUT2D eigenvalue weighted by Gasteiger charge is -2.08. The molecule has 2 aromatic rings. The van der Waals surface area contributed by atoms with Gasteiger partial charge in [-0.25, -0.2) is 0 Å². The molecule has 2 heterocycles. The van der Waals surface area contributed by atoms with Crippen molar-refractivity contribution >= 4 is 5.91 Å². The molecule has 4 heteroatoms. The van der Waals surface area contributed by atoms with Crippen molar-refractivity contribution in [1.29, 1.82) is 0 Å². The topological polar surface area (TPSA) is 68.9 Å². The predicted molar refractivity (Wildman–Crippen MR) is 60.7 cm³/mol. The molecule has 0 spiro atoms. The maximum absolute atomic E-state index is 11.3. The number of rotatable bonds is 2. The molecule has 0 saturated carbocycles. The van der Waals surface area contributed by atoms with Gasteiger partial charge < -0.3 is 5.73 Å². The standard InChI is InChI=1S/C12H11N3O/c1-8-11(10-4-2-3-6-15-10)9(12(13)16)5-7-14-8/h2-7H,1H3,(H2,13,16). The van der Waals surface area contributed by atoms with Gasteiger partial charge in [0.2, 0.25) is 5.91 Å². The van der Waals surface area contributed by atoms with Gasteiger partial charge in [0, 0.05) is 23.7 Å². The van der Waals surface area contributed by atoms with Crippen molar-refractivity contribution in [3.8, 4) is 11.3 Å². The fourth-order valence-electron chi connectivity index (χ4n) is 1.61. The second-order valence-corrected chi connectivity index (χ2v) is 3.40. The lowest BCUT2D eigenvalue weighted by atomic mass is 10.0. The fraction of sp³-hybridized carbons (Fsp3) is 0.0833. The molecule has 16 heavy (non-hydrogen) atoms. The Balaban J connectivity index is 2.68. The highest BCUT2D eigenvalue weighted by molar-refractivity contribution is 5.99. The predicted octanol–water partition coefficient (Wildman–Crippen LogP) is 1.55. The number of carbonyl (C=O) groups excluding carboxylic acids is 1. The molecule has 4 nitrogen and oxygen atoms in total. The van der Waals surface area contributed by atoms with Gasteiger partial charge in [-0.2, -0.15) is 0 Å². The second kappa shape index (κ2) is 4.10. The lowest BCUT2D eigenvalue weighted by molar-refractivity contribution is 0.100. The van der Waals surface area contributed by atoms with E-state index in [4.69, 9.17) is 5.73 Å². The largest absolute Gasteiger partial charge is 0.366 e. The first kappa shape index (κ1) is 10.3. The van der Waals surface area contributed by atoms with Crippen LogP contribution in [0.4, 0.5) is 0 Å². The van der Waals surface area contributed by atoms with Crippen LogP contribution in [-0.4, -0.2) is 15.9 Å². The van der Waals surface area contributed by atoms with Crippen LogP contribution in [0.3, 0.4) is 0 Å². The number of amides is 1. The number of pyridine rings is 2. The normalized spacial score (nSPS) is 10.1. The van der Waals surface area contributed by atoms with Gasteiger partial charge in [-0.3, -0.25) is 14.8 Å². The molecular formula is C12H11N3O. The summed E-state index contributed by atoms with van der Waals surface area (Å²) in [6, 6.07) is 7.12. The summed E-state index contributed by atoms with van der Waals surface area (Å²) in [6.07, 6.45) is 3.24. The van der Waals surface area contributed by atoms with Gasteiger partial charge >= 0.3 is 0 Å². The van der Waals surface area contributed by atoms with Crippen LogP contribution in [0, 0.1) is 6.92 Å². The number of nitrogens with zero attached hydrogens (tertiary/aromatic N) is 2. The summed E-state index contributed by atoms with van der Waals surface area (Å²) in [5.74, 6) is -0.467. The molecule has 2 N–H and O–H groups in total. The molecular weight excluding hydrogens is 202 g/mol. The summed E-state index contributed by atoms with van der Waals surface area (Å²) in [5, 5.41) is 0. The van der Waals surface area contributed by atoms with Crippen molar-refractivity contribution in [2.75, 3.05) is 0 Å². The van der Waals surface area contributed by atoms with Crippen LogP contribution in [-0.2, 0) is 0 Å². The van der Waals surface area contributed by atoms with Crippen molar-refractivity contribution in [2.45, 2.75) is 6.92 Å². The van der Waals surface area contributed by atoms with E-state index in [2.05, 4.69) is 9.97 Å². The molecule has 0 aromatic carbocycles. The smallest absolute Gasteiger partial charge is 0.249 e. The number of aromatic nitrogens is 2. The third-order valence-electron chi connectivity index (χ3n) is 2.33. The fourth-order valence-corrected chi connectivity index (χ4v) is 1.61. The Kier molecular flexibility index (Phi) is 2.64. The van der Waals surface area contributed by atoms with E-state index in [1.165, 1.54) is 0 Å². The number of hydrogen-bond donors (Lipinski definition) is 1. The summed E-state index contributed by atoms with van der Waals surface area (Å²) < 4.78 is 0. The van der Waals surface area contributed by atoms with E-state index < -0.39 is 5.91 Å². The van der Waals surface area contributed by atoms with Crippen LogP contribution in [0.2, 0.25) is 0 Å². The molecule has 0 aliphatic carbocycles. The summed E-state index contributed by atoms with van der Waals surface area (Å²) >= 11 is 0. The molecule has 0 unspecified atom stereocenters. The first-order chi connectivity index (χ1) is 7.70. The van der Waals surface area contributed by atoms with Crippen LogP contribution >= 0.6 is 0 Å². The average molecular weight is 213 g/mol. The molecule has 0 atom stereocenters. The summed E-state index contributed by atoms with van der Waals surface area (Å²) in [6.45, 7) is 1.83. The maximum Gasteiger partial charge on any atom is 0.249 e. The number of aryl methyl sites for hydroxylation is 1. The Morgan fingerprint density at radius 1 is 1.19 bits per heavy atom. The molecule has 80 valence electrons. The van der Waals surface area contributed by atoms with E-state index >= 15 is 0 Å². The molecule has 0 radical (unpaired) electrons. The highest BCUT2D eigenvalue weighted by Crippen LogP contribution is 2.23. The van der Waals surface area contributed by atoms with Crippen molar-refractivity contribution in [3.63, 3.8) is 0 Å². The first-order valence-electron chi connectivity index (χ1n) is 4.87. The second-order valence-electron chi connectivity index (χ2n) is 3.40. The van der Waals surface area contributed by atoms with Gasteiger partial charge in [0.05, 0.1) is 11.3 Å². The SMILES string of the molecule is Cc1nccc(C(N)=O)c1-c1ccccn1. The monoisotopic (exact) mass is 213 g/mol. The molecule has 0 fully saturated rings. The van der Waals surface area contributed by atoms with Gasteiger partial charge in [0.25, 0.3) is 0 Å². The molecule has 2 aromatic heterocycles. The Morgan fingerprint density at radius 2 is 2.00 bits per heavy atom. The van der Waals surface area contributed by atoms with E-state index in [1.54, 1.807) is 18.5 Å². The Labute approximate surface area is 93.2 Å². The zero-order chi connectivity index (χ0) is 11.5. The highest BCUT2D eigenvalue weighted by atomic mass is 16.1. The quantitative estimate of drug-likeness (QED) is 0.822. The van der Waals surface area contributed by atoms with E-state index in [0.29, 0.717) is 16.8 Å². The number of nitrogens with two attached hydrogens (primary N) is 1. The minimum atomic E-state index is -0.467. The van der Waals surface area contributed by atoms with E-state index in [9.17, 15) is 4.79 Å². The van der Waals surface area contributed by atoms with Crippen LogP contribution < -0.4 is 5.73 Å². The summed E-state index contributed by atoms with van der Waals surface area (Å²) in [5.41, 5.74) is 7.94. The van der Waals surface area contributed by atoms with E-state index in [-0.39, 0.29) is 0 Å². The molecule has 0 aliphatic rings. The van der Waals surface area contributed by atoms with Gasteiger partial charge in [-0.05, 0) is 25.1 Å². The minimum Gasteiger partial charge on any atom is -0.366 e. The van der Waals surface area contributed by atoms with Crippen molar-refractivity contribution in [1.82, 2.24) is 9.97 Å².